The summed E-state index contributed by atoms with van der Waals surface area (Å²) in [6.07, 6.45) is 0. The molecule has 0 aliphatic rings. The van der Waals surface area contributed by atoms with Crippen LogP contribution in [0.5, 0.6) is 0 Å². The van der Waals surface area contributed by atoms with Crippen molar-refractivity contribution in [2.24, 2.45) is 0 Å². The number of aromatic nitrogens is 2. The highest BCUT2D eigenvalue weighted by atomic mass is 35.5. The summed E-state index contributed by atoms with van der Waals surface area (Å²) in [6, 6.07) is 25.3. The smallest absolute Gasteiger partial charge is 0.249 e. The Balaban J connectivity index is 1.74. The van der Waals surface area contributed by atoms with Gasteiger partial charge in [-0.05, 0) is 36.2 Å². The van der Waals surface area contributed by atoms with E-state index in [0.717, 1.165) is 22.4 Å². The average molecular weight is 376 g/mol. The molecule has 0 radical (unpaired) electrons. The molecular formula is C22H18ClN3O. The molecule has 4 rings (SSSR count). The van der Waals surface area contributed by atoms with E-state index >= 15 is 0 Å². The predicted molar refractivity (Wildman–Crippen MR) is 108 cm³/mol. The number of benzene rings is 3. The minimum Gasteiger partial charge on any atom is -0.418 e. The second-order valence-corrected chi connectivity index (χ2v) is 6.64. The SMILES string of the molecule is Cc1ccccc1NC(c1ccccc1)c1nnc(-c2ccccc2Cl)o1. The van der Waals surface area contributed by atoms with Crippen LogP contribution in [0, 0.1) is 6.92 Å². The molecule has 0 spiro atoms. The molecule has 0 amide bonds. The van der Waals surface area contributed by atoms with Gasteiger partial charge in [-0.2, -0.15) is 0 Å². The van der Waals surface area contributed by atoms with Crippen molar-refractivity contribution in [3.63, 3.8) is 0 Å². The molecule has 1 atom stereocenters. The standard InChI is InChI=1S/C22H18ClN3O/c1-15-9-5-8-14-19(15)24-20(16-10-3-2-4-11-16)22-26-25-21(27-22)17-12-6-7-13-18(17)23/h2-14,20,24H,1H3. The first-order valence-electron chi connectivity index (χ1n) is 8.68. The van der Waals surface area contributed by atoms with Crippen molar-refractivity contribution in [2.45, 2.75) is 13.0 Å². The van der Waals surface area contributed by atoms with Gasteiger partial charge in [0, 0.05) is 5.69 Å². The van der Waals surface area contributed by atoms with E-state index in [1.54, 1.807) is 6.07 Å². The largest absolute Gasteiger partial charge is 0.418 e. The fourth-order valence-electron chi connectivity index (χ4n) is 2.92. The Hall–Kier alpha value is -3.11. The topological polar surface area (TPSA) is 51.0 Å². The molecule has 0 saturated heterocycles. The van der Waals surface area contributed by atoms with Crippen LogP contribution in [0.25, 0.3) is 11.5 Å². The zero-order chi connectivity index (χ0) is 18.6. The maximum Gasteiger partial charge on any atom is 0.249 e. The molecule has 1 heterocycles. The number of nitrogens with zero attached hydrogens (tertiary/aromatic N) is 2. The number of hydrogen-bond donors (Lipinski definition) is 1. The van der Waals surface area contributed by atoms with Gasteiger partial charge in [0.1, 0.15) is 6.04 Å². The van der Waals surface area contributed by atoms with E-state index in [0.29, 0.717) is 16.8 Å². The van der Waals surface area contributed by atoms with Crippen molar-refractivity contribution >= 4 is 17.3 Å². The molecule has 4 nitrogen and oxygen atoms in total. The summed E-state index contributed by atoms with van der Waals surface area (Å²) in [5.41, 5.74) is 3.92. The van der Waals surface area contributed by atoms with Gasteiger partial charge in [-0.1, -0.05) is 72.3 Å². The van der Waals surface area contributed by atoms with Crippen LogP contribution >= 0.6 is 11.6 Å². The monoisotopic (exact) mass is 375 g/mol. The first-order valence-corrected chi connectivity index (χ1v) is 9.05. The van der Waals surface area contributed by atoms with E-state index in [-0.39, 0.29) is 6.04 Å². The summed E-state index contributed by atoms with van der Waals surface area (Å²) in [6.45, 7) is 2.06. The van der Waals surface area contributed by atoms with Gasteiger partial charge in [-0.15, -0.1) is 10.2 Å². The van der Waals surface area contributed by atoms with Gasteiger partial charge in [0.25, 0.3) is 0 Å². The first kappa shape index (κ1) is 17.3. The summed E-state index contributed by atoms with van der Waals surface area (Å²) in [7, 11) is 0. The minimum absolute atomic E-state index is 0.268. The van der Waals surface area contributed by atoms with Gasteiger partial charge < -0.3 is 9.73 Å². The van der Waals surface area contributed by atoms with Crippen LogP contribution in [0.2, 0.25) is 5.02 Å². The van der Waals surface area contributed by atoms with Crippen molar-refractivity contribution in [1.29, 1.82) is 0 Å². The Morgan fingerprint density at radius 3 is 2.33 bits per heavy atom. The van der Waals surface area contributed by atoms with E-state index in [1.807, 2.05) is 66.7 Å². The Morgan fingerprint density at radius 1 is 0.852 bits per heavy atom. The van der Waals surface area contributed by atoms with E-state index in [2.05, 4.69) is 28.5 Å². The molecule has 1 N–H and O–H groups in total. The predicted octanol–water partition coefficient (Wildman–Crippen LogP) is 5.90. The van der Waals surface area contributed by atoms with E-state index in [4.69, 9.17) is 16.0 Å². The highest BCUT2D eigenvalue weighted by Crippen LogP contribution is 2.31. The lowest BCUT2D eigenvalue weighted by atomic mass is 10.1. The van der Waals surface area contributed by atoms with Gasteiger partial charge >= 0.3 is 0 Å². The van der Waals surface area contributed by atoms with Crippen molar-refractivity contribution in [1.82, 2.24) is 10.2 Å². The van der Waals surface area contributed by atoms with Crippen LogP contribution in [-0.4, -0.2) is 10.2 Å². The Kier molecular flexibility index (Phi) is 4.90. The van der Waals surface area contributed by atoms with E-state index in [9.17, 15) is 0 Å². The second-order valence-electron chi connectivity index (χ2n) is 6.23. The Bertz CT molecular complexity index is 1050. The third-order valence-electron chi connectivity index (χ3n) is 4.37. The lowest BCUT2D eigenvalue weighted by Gasteiger charge is -2.18. The van der Waals surface area contributed by atoms with Crippen LogP contribution in [0.3, 0.4) is 0 Å². The molecule has 0 aliphatic carbocycles. The first-order chi connectivity index (χ1) is 13.2. The second kappa shape index (κ2) is 7.64. The lowest BCUT2D eigenvalue weighted by Crippen LogP contribution is -2.13. The highest BCUT2D eigenvalue weighted by molar-refractivity contribution is 6.33. The maximum atomic E-state index is 6.27. The highest BCUT2D eigenvalue weighted by Gasteiger charge is 2.22. The number of hydrogen-bond acceptors (Lipinski definition) is 4. The van der Waals surface area contributed by atoms with Crippen molar-refractivity contribution < 1.29 is 4.42 Å². The summed E-state index contributed by atoms with van der Waals surface area (Å²) in [4.78, 5) is 0. The summed E-state index contributed by atoms with van der Waals surface area (Å²) in [5, 5.41) is 12.6. The summed E-state index contributed by atoms with van der Waals surface area (Å²) in [5.74, 6) is 0.891. The molecule has 5 heteroatoms. The zero-order valence-electron chi connectivity index (χ0n) is 14.8. The number of anilines is 1. The maximum absolute atomic E-state index is 6.27. The van der Waals surface area contributed by atoms with Gasteiger partial charge in [-0.25, -0.2) is 0 Å². The van der Waals surface area contributed by atoms with Crippen molar-refractivity contribution in [3.8, 4) is 11.5 Å². The van der Waals surface area contributed by atoms with Gasteiger partial charge in [0.15, 0.2) is 0 Å². The quantitative estimate of drug-likeness (QED) is 0.471. The van der Waals surface area contributed by atoms with Gasteiger partial charge in [0.05, 0.1) is 10.6 Å². The fraction of sp³-hybridized carbons (Fsp3) is 0.0909. The van der Waals surface area contributed by atoms with E-state index in [1.165, 1.54) is 0 Å². The molecule has 0 saturated carbocycles. The lowest BCUT2D eigenvalue weighted by molar-refractivity contribution is 0.494. The third-order valence-corrected chi connectivity index (χ3v) is 4.70. The van der Waals surface area contributed by atoms with Crippen molar-refractivity contribution in [3.05, 3.63) is 101 Å². The molecule has 1 aromatic heterocycles. The Morgan fingerprint density at radius 2 is 1.56 bits per heavy atom. The van der Waals surface area contributed by atoms with Crippen LogP contribution in [-0.2, 0) is 0 Å². The normalized spacial score (nSPS) is 11.9. The zero-order valence-corrected chi connectivity index (χ0v) is 15.5. The number of aryl methyl sites for hydroxylation is 1. The molecule has 0 aliphatic heterocycles. The van der Waals surface area contributed by atoms with Crippen LogP contribution < -0.4 is 5.32 Å². The number of nitrogens with one attached hydrogen (secondary N) is 1. The molecule has 134 valence electrons. The summed E-state index contributed by atoms with van der Waals surface area (Å²) >= 11 is 6.27. The van der Waals surface area contributed by atoms with Crippen LogP contribution in [0.15, 0.2) is 83.3 Å². The number of para-hydroxylation sites is 1. The molecule has 27 heavy (non-hydrogen) atoms. The molecular weight excluding hydrogens is 358 g/mol. The average Bonchev–Trinajstić information content (AvgIpc) is 3.18. The number of halogens is 1. The summed E-state index contributed by atoms with van der Waals surface area (Å²) < 4.78 is 6.01. The van der Waals surface area contributed by atoms with Crippen molar-refractivity contribution in [2.75, 3.05) is 5.32 Å². The molecule has 4 aromatic rings. The third kappa shape index (κ3) is 3.71. The minimum atomic E-state index is -0.268. The molecule has 0 bridgehead atoms. The number of rotatable bonds is 5. The van der Waals surface area contributed by atoms with Gasteiger partial charge in [0.2, 0.25) is 11.8 Å². The Labute approximate surface area is 162 Å². The van der Waals surface area contributed by atoms with Crippen LogP contribution in [0.1, 0.15) is 23.1 Å². The molecule has 0 fully saturated rings. The molecule has 1 unspecified atom stereocenters. The van der Waals surface area contributed by atoms with Crippen LogP contribution in [0.4, 0.5) is 5.69 Å². The molecule has 3 aromatic carbocycles. The fourth-order valence-corrected chi connectivity index (χ4v) is 3.13. The van der Waals surface area contributed by atoms with E-state index < -0.39 is 0 Å². The van der Waals surface area contributed by atoms with Gasteiger partial charge in [-0.3, -0.25) is 0 Å².